The number of aromatic nitrogens is 4. The SMILES string of the molecule is [C-]#[N+]C[C@@H](O)[C@@H]1NC(=O)C([C@H](O)Cc2ccc(O)c(S(=O)OO[O-])c2)NC(=O)C2CC(O)CN2C(=O)C(C(C)O)NC(=O)[C@@H](NC(=O)c2ccc(-c3nnc(-c4cnn(-c5ccc(N6CCCCC6)cc5)c4)s3)cc2)C[C@H](O)CNC(=O)C2[C@@H](O)C(C)CN2C1=O.[Na+]. The first-order chi connectivity index (χ1) is 43.5. The van der Waals surface area contributed by atoms with Crippen LogP contribution in [0.5, 0.6) is 5.75 Å². The molecule has 0 radical (unpaired) electrons. The summed E-state index contributed by atoms with van der Waals surface area (Å²) in [4.78, 5) is 108. The van der Waals surface area contributed by atoms with E-state index in [0.717, 1.165) is 66.2 Å². The Morgan fingerprint density at radius 2 is 1.46 bits per heavy atom. The summed E-state index contributed by atoms with van der Waals surface area (Å²) in [6.45, 7) is 9.53. The van der Waals surface area contributed by atoms with Crippen molar-refractivity contribution in [1.82, 2.24) is 56.4 Å². The third-order valence-electron chi connectivity index (χ3n) is 16.2. The first-order valence-corrected chi connectivity index (χ1v) is 31.0. The fraction of sp³-hybridized carbons (Fsp3) is 0.466. The van der Waals surface area contributed by atoms with E-state index in [9.17, 15) is 78.8 Å². The number of hydrogen-bond donors (Lipinski definition) is 12. The molecule has 4 aliphatic rings. The summed E-state index contributed by atoms with van der Waals surface area (Å²) < 4.78 is 18.3. The van der Waals surface area contributed by atoms with E-state index in [2.05, 4.69) is 73.1 Å². The number of aromatic hydroxyl groups is 1. The zero-order valence-corrected chi connectivity index (χ0v) is 53.6. The van der Waals surface area contributed by atoms with Crippen LogP contribution in [0.2, 0.25) is 0 Å². The molecule has 31 nitrogen and oxygen atoms in total. The molecule has 3 aromatic carbocycles. The molecular weight excluding hydrogens is 1250 g/mol. The Kier molecular flexibility index (Phi) is 24.1. The van der Waals surface area contributed by atoms with Crippen molar-refractivity contribution in [2.45, 2.75) is 130 Å². The summed E-state index contributed by atoms with van der Waals surface area (Å²) in [6.07, 6.45) is -5.60. The second-order valence-corrected chi connectivity index (χ2v) is 24.8. The van der Waals surface area contributed by atoms with Gasteiger partial charge in [-0.3, -0.25) is 38.6 Å². The quantitative estimate of drug-likeness (QED) is 0.0201. The van der Waals surface area contributed by atoms with Crippen LogP contribution in [0.4, 0.5) is 5.69 Å². The molecule has 14 atom stereocenters. The van der Waals surface area contributed by atoms with Crippen molar-refractivity contribution in [3.8, 4) is 32.6 Å². The Morgan fingerprint density at radius 3 is 2.13 bits per heavy atom. The minimum absolute atomic E-state index is 0. The molecule has 34 heteroatoms. The standard InChI is InChI=1S/C58H69N13O18S2.Na/c1-29-26-70-48(49(29)78)54(83)60-24-37(73)21-39(62-50(79)32-8-10-33(11-9-32)55-66-67-56(90-55)34-23-61-71(27-34)36-14-12-35(13-15-36)68-17-5-4-6-18-68)51(80)63-45(30(2)72)57(84)69-28-38(74)22-40(69)52(81)64-46(53(82)65-47(58(70)85)43(77)25-59-3)42(76)19-31-7-16-41(75)44(20-31)91(87)89-88-86;/h7-16,20,23,27,29-30,37-40,42-43,45-49,72-78,86H,4-6,17-19,21-22,24-26,28H2,1-2H3,(H,60,83)(H,62,79)(H,63,80)(H,64,81)(H,65,82);/q;+1/p-1/t29?,30?,37-,38?,39-,40?,42+,43+,45?,46?,47-,48?,49-,91?;/m0./s1. The number of anilines is 1. The third-order valence-corrected chi connectivity index (χ3v) is 18.1. The van der Waals surface area contributed by atoms with Gasteiger partial charge in [0.15, 0.2) is 11.1 Å². The largest absolute Gasteiger partial charge is 1.00 e. The number of carbonyl (C=O) groups is 7. The molecular formula is C58H68N13NaO18S2. The van der Waals surface area contributed by atoms with Crippen LogP contribution in [0.25, 0.3) is 31.7 Å². The van der Waals surface area contributed by atoms with E-state index >= 15 is 0 Å². The number of phenolic OH excluding ortho intramolecular Hbond substituents is 1. The second-order valence-electron chi connectivity index (χ2n) is 22.7. The van der Waals surface area contributed by atoms with E-state index in [1.807, 2.05) is 18.3 Å². The molecule has 0 aliphatic carbocycles. The van der Waals surface area contributed by atoms with Crippen LogP contribution in [0.1, 0.15) is 61.9 Å². The Morgan fingerprint density at radius 1 is 0.804 bits per heavy atom. The number of piperidine rings is 1. The van der Waals surface area contributed by atoms with Crippen molar-refractivity contribution in [3.05, 3.63) is 102 Å². The predicted octanol–water partition coefficient (Wildman–Crippen LogP) is -6.13. The predicted molar refractivity (Wildman–Crippen MR) is 317 cm³/mol. The number of aliphatic hydroxyl groups excluding tert-OH is 6. The molecule has 9 rings (SSSR count). The minimum atomic E-state index is -2.73. The Hall–Kier alpha value is -7.40. The van der Waals surface area contributed by atoms with Crippen molar-refractivity contribution >= 4 is 69.5 Å². The van der Waals surface area contributed by atoms with Crippen LogP contribution in [-0.4, -0.2) is 223 Å². The summed E-state index contributed by atoms with van der Waals surface area (Å²) in [6, 6.07) is 5.69. The summed E-state index contributed by atoms with van der Waals surface area (Å²) in [5.74, 6) is -9.75. The average Bonchev–Trinajstić information content (AvgIpc) is 1.62. The number of β-amino-alcohol motifs (C(OH)–C–C–N with tert-alkyl or cyclic N) is 1. The molecule has 0 saturated carbocycles. The number of fused-ring (bicyclic) bond motifs is 2. The fourth-order valence-corrected chi connectivity index (χ4v) is 12.8. The van der Waals surface area contributed by atoms with Crippen LogP contribution < -0.4 is 66.3 Å². The van der Waals surface area contributed by atoms with Gasteiger partial charge in [-0.2, -0.15) is 5.10 Å². The van der Waals surface area contributed by atoms with Crippen molar-refractivity contribution in [2.75, 3.05) is 44.2 Å². The Labute approximate surface area is 554 Å². The maximum atomic E-state index is 14.6. The monoisotopic (exact) mass is 1320 g/mol. The van der Waals surface area contributed by atoms with Gasteiger partial charge in [0.2, 0.25) is 53.1 Å². The van der Waals surface area contributed by atoms with Crippen LogP contribution in [0.15, 0.2) is 84.0 Å². The third kappa shape index (κ3) is 16.5. The minimum Gasteiger partial charge on any atom is -0.691 e. The van der Waals surface area contributed by atoms with Gasteiger partial charge in [0.05, 0.1) is 48.0 Å². The zero-order valence-electron chi connectivity index (χ0n) is 50.0. The van der Waals surface area contributed by atoms with E-state index in [1.165, 1.54) is 42.9 Å². The molecule has 4 aliphatic heterocycles. The van der Waals surface area contributed by atoms with Crippen molar-refractivity contribution < 1.29 is 118 Å². The molecule has 0 spiro atoms. The summed E-state index contributed by atoms with van der Waals surface area (Å²) in [5.41, 5.74) is 3.25. The molecule has 2 aromatic heterocycles. The number of amides is 7. The summed E-state index contributed by atoms with van der Waals surface area (Å²) in [7, 11) is 0. The molecule has 7 amide bonds. The van der Waals surface area contributed by atoms with Crippen molar-refractivity contribution in [3.63, 3.8) is 0 Å². The van der Waals surface area contributed by atoms with Gasteiger partial charge in [-0.05, 0) is 80.3 Å². The number of benzene rings is 3. The average molecular weight is 1320 g/mol. The van der Waals surface area contributed by atoms with Crippen LogP contribution in [0.3, 0.4) is 0 Å². The van der Waals surface area contributed by atoms with Gasteiger partial charge in [0.25, 0.3) is 5.91 Å². The first kappa shape index (κ1) is 70.5. The van der Waals surface area contributed by atoms with Gasteiger partial charge in [0, 0.05) is 80.9 Å². The van der Waals surface area contributed by atoms with Crippen LogP contribution in [-0.2, 0) is 55.6 Å². The maximum Gasteiger partial charge on any atom is 1.00 e. The van der Waals surface area contributed by atoms with Crippen molar-refractivity contribution in [2.24, 2.45) is 5.92 Å². The van der Waals surface area contributed by atoms with Gasteiger partial charge in [-0.15, -0.1) is 14.5 Å². The fourth-order valence-electron chi connectivity index (χ4n) is 11.4. The molecule has 92 heavy (non-hydrogen) atoms. The number of aliphatic hydroxyl groups is 6. The van der Waals surface area contributed by atoms with Gasteiger partial charge in [-0.25, -0.2) is 15.5 Å². The molecule has 486 valence electrons. The van der Waals surface area contributed by atoms with Crippen LogP contribution >= 0.6 is 11.3 Å². The van der Waals surface area contributed by atoms with Gasteiger partial charge in [0.1, 0.15) is 51.9 Å². The van der Waals surface area contributed by atoms with Crippen LogP contribution in [0, 0.1) is 12.5 Å². The number of carbonyl (C=O) groups excluding carboxylic acids is 7. The summed E-state index contributed by atoms with van der Waals surface area (Å²) >= 11 is -1.47. The molecule has 8 unspecified atom stereocenters. The molecule has 6 heterocycles. The number of nitrogens with zero attached hydrogens (tertiary/aromatic N) is 8. The Bertz CT molecular complexity index is 3540. The normalized spacial score (nSPS) is 25.9. The van der Waals surface area contributed by atoms with E-state index in [4.69, 9.17) is 6.57 Å². The summed E-state index contributed by atoms with van der Waals surface area (Å²) in [5, 5.41) is 119. The molecule has 4 saturated heterocycles. The number of hydrogen-bond acceptors (Lipinski definition) is 23. The maximum absolute atomic E-state index is 14.6. The topological polar surface area (TPSA) is 438 Å². The zero-order chi connectivity index (χ0) is 65.4. The van der Waals surface area contributed by atoms with E-state index in [-0.39, 0.29) is 47.2 Å². The Balaban J connectivity index is 0.0000109. The van der Waals surface area contributed by atoms with Gasteiger partial charge >= 0.3 is 29.6 Å². The molecule has 5 aromatic rings. The smallest absolute Gasteiger partial charge is 0.691 e. The van der Waals surface area contributed by atoms with E-state index in [1.54, 1.807) is 23.0 Å². The first-order valence-electron chi connectivity index (χ1n) is 29.1. The number of nitrogens with one attached hydrogen (secondary N) is 5. The number of rotatable bonds is 15. The van der Waals surface area contributed by atoms with Gasteiger partial charge < -0.3 is 87.1 Å². The van der Waals surface area contributed by atoms with E-state index < -0.39 is 181 Å². The molecule has 12 N–H and O–H groups in total. The molecule has 4 fully saturated rings. The van der Waals surface area contributed by atoms with Gasteiger partial charge in [-0.1, -0.05) is 36.5 Å². The number of phenols is 1. The van der Waals surface area contributed by atoms with E-state index in [0.29, 0.717) is 21.1 Å². The van der Waals surface area contributed by atoms with Crippen molar-refractivity contribution in [1.29, 1.82) is 0 Å². The molecule has 0 bridgehead atoms. The second kappa shape index (κ2) is 31.5.